The second-order valence-corrected chi connectivity index (χ2v) is 4.70. The molecule has 1 aromatic heterocycles. The van der Waals surface area contributed by atoms with E-state index in [1.807, 2.05) is 0 Å². The van der Waals surface area contributed by atoms with Gasteiger partial charge < -0.3 is 10.5 Å². The summed E-state index contributed by atoms with van der Waals surface area (Å²) >= 11 is 4.62. The molecule has 4 nitrogen and oxygen atoms in total. The molecule has 0 bridgehead atoms. The monoisotopic (exact) mass is 286 g/mol. The average molecular weight is 287 g/mol. The topological polar surface area (TPSA) is 65.2 Å². The Morgan fingerprint density at radius 2 is 2.33 bits per heavy atom. The molecule has 1 aromatic carbocycles. The summed E-state index contributed by atoms with van der Waals surface area (Å²) in [4.78, 5) is 15.6. The SMILES string of the molecule is COC(=O)c1ccc(Br)c2nc(N)sc12. The number of nitrogen functional groups attached to an aromatic ring is 1. The molecule has 0 saturated carbocycles. The van der Waals surface area contributed by atoms with Crippen molar-refractivity contribution < 1.29 is 9.53 Å². The number of carbonyl (C=O) groups excluding carboxylic acids is 1. The van der Waals surface area contributed by atoms with Crippen molar-refractivity contribution in [1.82, 2.24) is 4.98 Å². The van der Waals surface area contributed by atoms with Gasteiger partial charge in [-0.1, -0.05) is 11.3 Å². The molecular weight excluding hydrogens is 280 g/mol. The van der Waals surface area contributed by atoms with E-state index >= 15 is 0 Å². The van der Waals surface area contributed by atoms with Crippen molar-refractivity contribution >= 4 is 48.6 Å². The molecule has 2 N–H and O–H groups in total. The maximum absolute atomic E-state index is 11.4. The highest BCUT2D eigenvalue weighted by molar-refractivity contribution is 9.10. The van der Waals surface area contributed by atoms with Crippen molar-refractivity contribution in [2.24, 2.45) is 0 Å². The molecule has 0 spiro atoms. The first-order valence-corrected chi connectivity index (χ1v) is 5.67. The Kier molecular flexibility index (Phi) is 2.62. The minimum atomic E-state index is -0.379. The van der Waals surface area contributed by atoms with Crippen molar-refractivity contribution in [3.8, 4) is 0 Å². The summed E-state index contributed by atoms with van der Waals surface area (Å²) in [7, 11) is 1.35. The van der Waals surface area contributed by atoms with Gasteiger partial charge >= 0.3 is 5.97 Å². The van der Waals surface area contributed by atoms with E-state index in [0.29, 0.717) is 16.2 Å². The highest BCUT2D eigenvalue weighted by Crippen LogP contribution is 2.32. The molecule has 0 aliphatic heterocycles. The van der Waals surface area contributed by atoms with Crippen LogP contribution in [-0.2, 0) is 4.74 Å². The number of rotatable bonds is 1. The van der Waals surface area contributed by atoms with Crippen molar-refractivity contribution in [3.63, 3.8) is 0 Å². The highest BCUT2D eigenvalue weighted by Gasteiger charge is 2.15. The summed E-state index contributed by atoms with van der Waals surface area (Å²) < 4.78 is 6.24. The molecule has 0 atom stereocenters. The van der Waals surface area contributed by atoms with E-state index in [1.165, 1.54) is 18.4 Å². The normalized spacial score (nSPS) is 10.5. The molecule has 0 radical (unpaired) electrons. The second-order valence-electron chi connectivity index (χ2n) is 2.82. The number of halogens is 1. The van der Waals surface area contributed by atoms with Crippen molar-refractivity contribution in [2.75, 3.05) is 12.8 Å². The molecule has 2 rings (SSSR count). The van der Waals surface area contributed by atoms with E-state index < -0.39 is 0 Å². The Labute approximate surface area is 98.2 Å². The third-order valence-electron chi connectivity index (χ3n) is 1.92. The number of methoxy groups -OCH3 is 1. The number of ether oxygens (including phenoxy) is 1. The van der Waals surface area contributed by atoms with E-state index in [2.05, 4.69) is 25.7 Å². The summed E-state index contributed by atoms with van der Waals surface area (Å²) in [5.74, 6) is -0.379. The molecule has 0 saturated heterocycles. The smallest absolute Gasteiger partial charge is 0.339 e. The second kappa shape index (κ2) is 3.79. The predicted molar refractivity (Wildman–Crippen MR) is 63.1 cm³/mol. The zero-order chi connectivity index (χ0) is 11.0. The summed E-state index contributed by atoms with van der Waals surface area (Å²) in [5, 5.41) is 0.432. The first-order chi connectivity index (χ1) is 7.13. The fourth-order valence-corrected chi connectivity index (χ4v) is 2.67. The van der Waals surface area contributed by atoms with Crippen LogP contribution in [0.3, 0.4) is 0 Å². The van der Waals surface area contributed by atoms with Crippen LogP contribution in [0.4, 0.5) is 5.13 Å². The Morgan fingerprint density at radius 1 is 1.60 bits per heavy atom. The first-order valence-electron chi connectivity index (χ1n) is 4.06. The Hall–Kier alpha value is -1.14. The number of thiazole rings is 1. The fraction of sp³-hybridized carbons (Fsp3) is 0.111. The van der Waals surface area contributed by atoms with E-state index in [9.17, 15) is 4.79 Å². The predicted octanol–water partition coefficient (Wildman–Crippen LogP) is 2.43. The van der Waals surface area contributed by atoms with Gasteiger partial charge in [0, 0.05) is 4.47 Å². The first kappa shape index (κ1) is 10.4. The number of fused-ring (bicyclic) bond motifs is 1. The molecule has 1 heterocycles. The molecule has 78 valence electrons. The van der Waals surface area contributed by atoms with Crippen molar-refractivity contribution in [2.45, 2.75) is 0 Å². The third kappa shape index (κ3) is 1.70. The summed E-state index contributed by atoms with van der Waals surface area (Å²) in [5.41, 5.74) is 6.79. The van der Waals surface area contributed by atoms with Gasteiger partial charge in [-0.25, -0.2) is 9.78 Å². The van der Waals surface area contributed by atoms with Gasteiger partial charge in [0.05, 0.1) is 22.9 Å². The number of nitrogens with zero attached hydrogens (tertiary/aromatic N) is 1. The zero-order valence-corrected chi connectivity index (χ0v) is 10.2. The number of esters is 1. The number of benzene rings is 1. The van der Waals surface area contributed by atoms with Crippen LogP contribution in [0, 0.1) is 0 Å². The summed E-state index contributed by atoms with van der Waals surface area (Å²) in [6.45, 7) is 0. The van der Waals surface area contributed by atoms with Crippen LogP contribution in [0.25, 0.3) is 10.2 Å². The van der Waals surface area contributed by atoms with Crippen LogP contribution in [0.2, 0.25) is 0 Å². The standard InChI is InChI=1S/C9H7BrN2O2S/c1-14-8(13)4-2-3-5(10)6-7(4)15-9(11)12-6/h2-3H,1H3,(H2,11,12). The Balaban J connectivity index is 2.76. The lowest BCUT2D eigenvalue weighted by atomic mass is 10.2. The minimum absolute atomic E-state index is 0.379. The van der Waals surface area contributed by atoms with E-state index in [4.69, 9.17) is 5.73 Å². The lowest BCUT2D eigenvalue weighted by Gasteiger charge is -2.00. The fourth-order valence-electron chi connectivity index (χ4n) is 1.26. The van der Waals surface area contributed by atoms with Crippen LogP contribution in [0.5, 0.6) is 0 Å². The van der Waals surface area contributed by atoms with Crippen molar-refractivity contribution in [3.05, 3.63) is 22.2 Å². The number of nitrogens with two attached hydrogens (primary N) is 1. The number of hydrogen-bond donors (Lipinski definition) is 1. The number of anilines is 1. The minimum Gasteiger partial charge on any atom is -0.465 e. The van der Waals surface area contributed by atoms with Crippen LogP contribution in [-0.4, -0.2) is 18.1 Å². The van der Waals surface area contributed by atoms with Crippen LogP contribution < -0.4 is 5.73 Å². The highest BCUT2D eigenvalue weighted by atomic mass is 79.9. The van der Waals surface area contributed by atoms with Gasteiger partial charge in [-0.2, -0.15) is 0 Å². The van der Waals surface area contributed by atoms with Gasteiger partial charge in [0.15, 0.2) is 5.13 Å². The third-order valence-corrected chi connectivity index (χ3v) is 3.47. The molecule has 2 aromatic rings. The number of hydrogen-bond acceptors (Lipinski definition) is 5. The lowest BCUT2D eigenvalue weighted by Crippen LogP contribution is -2.00. The lowest BCUT2D eigenvalue weighted by molar-refractivity contribution is 0.0603. The van der Waals surface area contributed by atoms with Gasteiger partial charge in [0.25, 0.3) is 0 Å². The zero-order valence-electron chi connectivity index (χ0n) is 7.78. The molecule has 15 heavy (non-hydrogen) atoms. The Morgan fingerprint density at radius 3 is 3.00 bits per heavy atom. The molecule has 0 fully saturated rings. The van der Waals surface area contributed by atoms with Gasteiger partial charge in [0.2, 0.25) is 0 Å². The number of aromatic nitrogens is 1. The molecule has 0 unspecified atom stereocenters. The van der Waals surface area contributed by atoms with Crippen LogP contribution >= 0.6 is 27.3 Å². The molecule has 0 aliphatic carbocycles. The largest absolute Gasteiger partial charge is 0.465 e. The maximum Gasteiger partial charge on any atom is 0.339 e. The summed E-state index contributed by atoms with van der Waals surface area (Å²) in [6, 6.07) is 3.45. The molecule has 0 amide bonds. The number of carbonyl (C=O) groups is 1. The van der Waals surface area contributed by atoms with E-state index in [1.54, 1.807) is 12.1 Å². The van der Waals surface area contributed by atoms with Gasteiger partial charge in [-0.3, -0.25) is 0 Å². The van der Waals surface area contributed by atoms with Crippen LogP contribution in [0.15, 0.2) is 16.6 Å². The van der Waals surface area contributed by atoms with Crippen LogP contribution in [0.1, 0.15) is 10.4 Å². The van der Waals surface area contributed by atoms with Gasteiger partial charge in [-0.15, -0.1) is 0 Å². The molecule has 6 heteroatoms. The van der Waals surface area contributed by atoms with E-state index in [-0.39, 0.29) is 5.97 Å². The van der Waals surface area contributed by atoms with Crippen molar-refractivity contribution in [1.29, 1.82) is 0 Å². The average Bonchev–Trinajstić information content (AvgIpc) is 2.60. The molecular formula is C9H7BrN2O2S. The van der Waals surface area contributed by atoms with Gasteiger partial charge in [0.1, 0.15) is 0 Å². The Bertz CT molecular complexity index is 538. The van der Waals surface area contributed by atoms with Gasteiger partial charge in [-0.05, 0) is 28.1 Å². The molecule has 0 aliphatic rings. The maximum atomic E-state index is 11.4. The quantitative estimate of drug-likeness (QED) is 0.818. The summed E-state index contributed by atoms with van der Waals surface area (Å²) in [6.07, 6.45) is 0. The van der Waals surface area contributed by atoms with E-state index in [0.717, 1.165) is 9.17 Å².